The van der Waals surface area contributed by atoms with Crippen molar-refractivity contribution in [3.8, 4) is 0 Å². The van der Waals surface area contributed by atoms with E-state index in [1.807, 2.05) is 0 Å². The van der Waals surface area contributed by atoms with Crippen LogP contribution in [0.15, 0.2) is 0 Å². The fourth-order valence-corrected chi connectivity index (χ4v) is 0.451. The predicted molar refractivity (Wildman–Crippen MR) is 38.3 cm³/mol. The Morgan fingerprint density at radius 3 is 1.88 bits per heavy atom. The molecule has 1 saturated heterocycles. The third-order valence-electron chi connectivity index (χ3n) is 0.901. The van der Waals surface area contributed by atoms with E-state index in [0.29, 0.717) is 0 Å². The number of rotatable bonds is 0. The van der Waals surface area contributed by atoms with Gasteiger partial charge in [0.15, 0.2) is 0 Å². The Morgan fingerprint density at radius 1 is 1.62 bits per heavy atom. The fraction of sp³-hybridized carbons (Fsp3) is 0.800. The molecule has 0 aromatic rings. The Morgan fingerprint density at radius 2 is 1.88 bits per heavy atom. The van der Waals surface area contributed by atoms with Gasteiger partial charge in [0.25, 0.3) is 0 Å². The quantitative estimate of drug-likeness (QED) is 0.372. The molecule has 0 unspecified atom stereocenters. The normalized spacial score (nSPS) is 22.6. The molecule has 44 valence electrons. The molecule has 0 N–H and O–H groups in total. The number of hydrogen-bond acceptors (Lipinski definition) is 1. The van der Waals surface area contributed by atoms with Crippen LogP contribution in [0.5, 0.6) is 0 Å². The third-order valence-corrected chi connectivity index (χ3v) is 0.901. The van der Waals surface area contributed by atoms with E-state index in [9.17, 15) is 0 Å². The van der Waals surface area contributed by atoms with Crippen molar-refractivity contribution in [2.24, 2.45) is 5.41 Å². The van der Waals surface area contributed by atoms with Crippen LogP contribution in [0, 0.1) is 12.3 Å². The molecule has 0 atom stereocenters. The van der Waals surface area contributed by atoms with Gasteiger partial charge in [-0.2, -0.15) is 0 Å². The zero-order chi connectivity index (χ0) is 6.62. The van der Waals surface area contributed by atoms with E-state index in [1.54, 1.807) is 0 Å². The molecule has 1 heterocycles. The first-order valence-electron chi connectivity index (χ1n) is 2.41. The van der Waals surface area contributed by atoms with Crippen molar-refractivity contribution in [1.82, 2.24) is 0 Å². The summed E-state index contributed by atoms with van der Waals surface area (Å²) < 4.78 is 4.88. The van der Waals surface area contributed by atoms with Crippen LogP contribution in [0.25, 0.3) is 0 Å². The average molecular weight is 277 g/mol. The van der Waals surface area contributed by atoms with Crippen LogP contribution in [0.1, 0.15) is 6.92 Å². The summed E-state index contributed by atoms with van der Waals surface area (Å²) in [6.45, 7) is 7.62. The number of halogens is 1. The molecular formula is C5H9IOZn. The SMILES string of the molecule is [CH2-]C1(C)COC1.[Zn+][I]. The van der Waals surface area contributed by atoms with Crippen molar-refractivity contribution >= 4 is 19.8 Å². The average Bonchev–Trinajstić information content (AvgIpc) is 1.69. The van der Waals surface area contributed by atoms with E-state index < -0.39 is 0 Å². The van der Waals surface area contributed by atoms with Crippen LogP contribution in [-0.2, 0) is 19.5 Å². The summed E-state index contributed by atoms with van der Waals surface area (Å²) in [4.78, 5) is 0. The van der Waals surface area contributed by atoms with Gasteiger partial charge < -0.3 is 11.7 Å². The molecule has 0 aromatic heterocycles. The van der Waals surface area contributed by atoms with E-state index in [0.717, 1.165) is 13.2 Å². The van der Waals surface area contributed by atoms with Gasteiger partial charge in [0.1, 0.15) is 0 Å². The molecule has 1 nitrogen and oxygen atoms in total. The van der Waals surface area contributed by atoms with Gasteiger partial charge >= 0.3 is 34.5 Å². The Labute approximate surface area is 71.4 Å². The minimum absolute atomic E-state index is 0.250. The molecule has 8 heavy (non-hydrogen) atoms. The fourth-order valence-electron chi connectivity index (χ4n) is 0.451. The molecule has 1 aliphatic heterocycles. The number of hydrogen-bond donors (Lipinski definition) is 0. The second-order valence-electron chi connectivity index (χ2n) is 2.30. The first kappa shape index (κ1) is 9.31. The van der Waals surface area contributed by atoms with E-state index in [2.05, 4.69) is 33.6 Å². The first-order chi connectivity index (χ1) is 3.71. The maximum absolute atomic E-state index is 4.88. The second-order valence-corrected chi connectivity index (χ2v) is 2.30. The standard InChI is InChI=1S/C5H9O.HI.Zn/c1-5(2)3-6-4-5;;/h1,3-4H2,2H3;1H;/q-1;;+2/p-1. The van der Waals surface area contributed by atoms with Gasteiger partial charge in [0.05, 0.1) is 0 Å². The molecule has 1 fully saturated rings. The zero-order valence-electron chi connectivity index (χ0n) is 5.11. The molecule has 0 aromatic carbocycles. The van der Waals surface area contributed by atoms with Crippen LogP contribution in [0.2, 0.25) is 0 Å². The van der Waals surface area contributed by atoms with Crippen molar-refractivity contribution in [2.75, 3.05) is 13.2 Å². The monoisotopic (exact) mass is 276 g/mol. The predicted octanol–water partition coefficient (Wildman–Crippen LogP) is 1.74. The zero-order valence-corrected chi connectivity index (χ0v) is 10.2. The Bertz CT molecular complexity index is 59.4. The van der Waals surface area contributed by atoms with Crippen LogP contribution in [0.3, 0.4) is 0 Å². The van der Waals surface area contributed by atoms with Gasteiger partial charge in [0.2, 0.25) is 0 Å². The molecule has 0 amide bonds. The van der Waals surface area contributed by atoms with Gasteiger partial charge in [-0.15, -0.1) is 5.41 Å². The molecular weight excluding hydrogens is 268 g/mol. The van der Waals surface area contributed by atoms with Crippen LogP contribution >= 0.6 is 19.8 Å². The summed E-state index contributed by atoms with van der Waals surface area (Å²) in [5, 5.41) is 0. The number of ether oxygens (including phenoxy) is 1. The van der Waals surface area contributed by atoms with Crippen LogP contribution in [-0.4, -0.2) is 13.2 Å². The van der Waals surface area contributed by atoms with Crippen molar-refractivity contribution < 1.29 is 19.5 Å². The molecule has 0 spiro atoms. The molecule has 0 radical (unpaired) electrons. The summed E-state index contributed by atoms with van der Waals surface area (Å²) in [5.41, 5.74) is 0.250. The maximum atomic E-state index is 4.88. The Kier molecular flexibility index (Phi) is 4.87. The summed E-state index contributed by atoms with van der Waals surface area (Å²) in [6, 6.07) is 0. The van der Waals surface area contributed by atoms with E-state index in [-0.39, 0.29) is 5.41 Å². The molecule has 0 saturated carbocycles. The Balaban J connectivity index is 0.000000222. The molecule has 1 rings (SSSR count). The molecule has 0 aliphatic carbocycles. The topological polar surface area (TPSA) is 9.23 Å². The Hall–Kier alpha value is 1.31. The van der Waals surface area contributed by atoms with E-state index in [4.69, 9.17) is 4.74 Å². The third kappa shape index (κ3) is 3.36. The van der Waals surface area contributed by atoms with Crippen molar-refractivity contribution in [1.29, 1.82) is 0 Å². The van der Waals surface area contributed by atoms with Gasteiger partial charge in [-0.1, -0.05) is 6.92 Å². The summed E-state index contributed by atoms with van der Waals surface area (Å²) in [7, 11) is 0. The van der Waals surface area contributed by atoms with Crippen molar-refractivity contribution in [3.05, 3.63) is 6.92 Å². The minimum atomic E-state index is 0.250. The molecule has 1 aliphatic rings. The van der Waals surface area contributed by atoms with Crippen molar-refractivity contribution in [2.45, 2.75) is 6.92 Å². The van der Waals surface area contributed by atoms with E-state index in [1.165, 1.54) is 14.8 Å². The summed E-state index contributed by atoms with van der Waals surface area (Å²) in [6.07, 6.45) is 0. The van der Waals surface area contributed by atoms with Crippen LogP contribution < -0.4 is 0 Å². The van der Waals surface area contributed by atoms with Gasteiger partial charge in [-0.3, -0.25) is 0 Å². The second kappa shape index (κ2) is 4.18. The van der Waals surface area contributed by atoms with Gasteiger partial charge in [0, 0.05) is 13.2 Å². The van der Waals surface area contributed by atoms with E-state index >= 15 is 0 Å². The first-order valence-corrected chi connectivity index (χ1v) is 11.5. The van der Waals surface area contributed by atoms with Crippen LogP contribution in [0.4, 0.5) is 0 Å². The van der Waals surface area contributed by atoms with Crippen molar-refractivity contribution in [3.63, 3.8) is 0 Å². The summed E-state index contributed by atoms with van der Waals surface area (Å²) >= 11 is 3.62. The van der Waals surface area contributed by atoms with Gasteiger partial charge in [-0.05, 0) is 0 Å². The summed E-state index contributed by atoms with van der Waals surface area (Å²) in [5.74, 6) is 0. The molecule has 3 heteroatoms. The van der Waals surface area contributed by atoms with Gasteiger partial charge in [-0.25, -0.2) is 0 Å². The molecule has 0 bridgehead atoms.